The van der Waals surface area contributed by atoms with Crippen LogP contribution in [0, 0.1) is 5.92 Å². The Morgan fingerprint density at radius 2 is 2.38 bits per heavy atom. The first-order chi connectivity index (χ1) is 6.14. The molecular formula is C10H19NO2. The molecule has 0 aromatic rings. The monoisotopic (exact) mass is 185 g/mol. The van der Waals surface area contributed by atoms with Gasteiger partial charge < -0.3 is 10.1 Å². The number of esters is 1. The Morgan fingerprint density at radius 3 is 2.77 bits per heavy atom. The molecule has 0 aliphatic heterocycles. The molecule has 1 rings (SSSR count). The zero-order chi connectivity index (χ0) is 9.90. The van der Waals surface area contributed by atoms with Crippen LogP contribution in [0.25, 0.3) is 0 Å². The minimum Gasteiger partial charge on any atom is -0.469 e. The van der Waals surface area contributed by atoms with Crippen molar-refractivity contribution in [2.75, 3.05) is 14.2 Å². The van der Waals surface area contributed by atoms with E-state index in [0.717, 1.165) is 6.42 Å². The van der Waals surface area contributed by atoms with Gasteiger partial charge in [0.15, 0.2) is 0 Å². The molecule has 0 saturated heterocycles. The first-order valence-electron chi connectivity index (χ1n) is 4.90. The number of hydrogen-bond donors (Lipinski definition) is 1. The number of hydrogen-bond acceptors (Lipinski definition) is 3. The van der Waals surface area contributed by atoms with Crippen LogP contribution in [-0.2, 0) is 9.53 Å². The zero-order valence-electron chi connectivity index (χ0n) is 8.72. The minimum atomic E-state index is -0.108. The SMILES string of the molecule is CNC1(CC(=O)OC)CCCC1C. The third-order valence-electron chi connectivity index (χ3n) is 3.39. The van der Waals surface area contributed by atoms with Gasteiger partial charge in [0, 0.05) is 5.54 Å². The van der Waals surface area contributed by atoms with Crippen LogP contribution >= 0.6 is 0 Å². The number of methoxy groups -OCH3 is 1. The van der Waals surface area contributed by atoms with E-state index in [-0.39, 0.29) is 11.5 Å². The lowest BCUT2D eigenvalue weighted by Gasteiger charge is -2.32. The second kappa shape index (κ2) is 4.09. The standard InChI is InChI=1S/C10H19NO2/c1-8-5-4-6-10(8,11-2)7-9(12)13-3/h8,11H,4-7H2,1-3H3. The van der Waals surface area contributed by atoms with Crippen molar-refractivity contribution in [3.05, 3.63) is 0 Å². The number of rotatable bonds is 3. The van der Waals surface area contributed by atoms with Crippen molar-refractivity contribution in [2.45, 2.75) is 38.1 Å². The maximum atomic E-state index is 11.2. The topological polar surface area (TPSA) is 38.3 Å². The number of carbonyl (C=O) groups excluding carboxylic acids is 1. The van der Waals surface area contributed by atoms with Crippen molar-refractivity contribution < 1.29 is 9.53 Å². The van der Waals surface area contributed by atoms with Crippen LogP contribution in [0.5, 0.6) is 0 Å². The van der Waals surface area contributed by atoms with Crippen molar-refractivity contribution in [2.24, 2.45) is 5.92 Å². The van der Waals surface area contributed by atoms with Gasteiger partial charge in [0.05, 0.1) is 13.5 Å². The molecule has 2 atom stereocenters. The van der Waals surface area contributed by atoms with Crippen LogP contribution < -0.4 is 5.32 Å². The highest BCUT2D eigenvalue weighted by Crippen LogP contribution is 2.37. The first-order valence-corrected chi connectivity index (χ1v) is 4.90. The lowest BCUT2D eigenvalue weighted by Crippen LogP contribution is -2.47. The molecule has 3 nitrogen and oxygen atoms in total. The summed E-state index contributed by atoms with van der Waals surface area (Å²) in [6.07, 6.45) is 4.00. The molecule has 0 bridgehead atoms. The summed E-state index contributed by atoms with van der Waals surface area (Å²) >= 11 is 0. The second-order valence-electron chi connectivity index (χ2n) is 3.95. The molecule has 0 spiro atoms. The van der Waals surface area contributed by atoms with E-state index in [0.29, 0.717) is 12.3 Å². The quantitative estimate of drug-likeness (QED) is 0.674. The zero-order valence-corrected chi connectivity index (χ0v) is 8.72. The lowest BCUT2D eigenvalue weighted by atomic mass is 9.85. The van der Waals surface area contributed by atoms with Crippen LogP contribution in [0.15, 0.2) is 0 Å². The average molecular weight is 185 g/mol. The van der Waals surface area contributed by atoms with Crippen molar-refractivity contribution in [3.63, 3.8) is 0 Å². The Bertz CT molecular complexity index is 193. The van der Waals surface area contributed by atoms with Gasteiger partial charge in [0.2, 0.25) is 0 Å². The summed E-state index contributed by atoms with van der Waals surface area (Å²) in [6.45, 7) is 2.20. The van der Waals surface area contributed by atoms with Crippen LogP contribution in [0.3, 0.4) is 0 Å². The van der Waals surface area contributed by atoms with Crippen LogP contribution in [0.1, 0.15) is 32.6 Å². The third kappa shape index (κ3) is 2.02. The smallest absolute Gasteiger partial charge is 0.307 e. The molecule has 0 radical (unpaired) electrons. The van der Waals surface area contributed by atoms with Gasteiger partial charge in [0.25, 0.3) is 0 Å². The highest BCUT2D eigenvalue weighted by molar-refractivity contribution is 5.70. The van der Waals surface area contributed by atoms with E-state index >= 15 is 0 Å². The van der Waals surface area contributed by atoms with E-state index in [2.05, 4.69) is 12.2 Å². The van der Waals surface area contributed by atoms with Crippen LogP contribution in [-0.4, -0.2) is 25.7 Å². The Hall–Kier alpha value is -0.570. The molecule has 0 amide bonds. The Labute approximate surface area is 79.8 Å². The van der Waals surface area contributed by atoms with Crippen LogP contribution in [0.2, 0.25) is 0 Å². The molecule has 1 saturated carbocycles. The summed E-state index contributed by atoms with van der Waals surface area (Å²) in [5.41, 5.74) is -0.00685. The first kappa shape index (κ1) is 10.5. The molecular weight excluding hydrogens is 166 g/mol. The van der Waals surface area contributed by atoms with Crippen LogP contribution in [0.4, 0.5) is 0 Å². The molecule has 3 heteroatoms. The molecule has 1 aliphatic carbocycles. The van der Waals surface area contributed by atoms with E-state index in [9.17, 15) is 4.79 Å². The van der Waals surface area contributed by atoms with Crippen molar-refractivity contribution >= 4 is 5.97 Å². The van der Waals surface area contributed by atoms with Gasteiger partial charge in [-0.25, -0.2) is 0 Å². The predicted molar refractivity (Wildman–Crippen MR) is 51.4 cm³/mol. The minimum absolute atomic E-state index is 0.00685. The predicted octanol–water partition coefficient (Wildman–Crippen LogP) is 1.33. The van der Waals surface area contributed by atoms with E-state index in [1.807, 2.05) is 7.05 Å². The maximum absolute atomic E-state index is 11.2. The molecule has 0 heterocycles. The number of nitrogens with one attached hydrogen (secondary N) is 1. The summed E-state index contributed by atoms with van der Waals surface area (Å²) in [5, 5.41) is 3.29. The van der Waals surface area contributed by atoms with Crippen molar-refractivity contribution in [1.29, 1.82) is 0 Å². The molecule has 2 unspecified atom stereocenters. The Kier molecular flexibility index (Phi) is 3.31. The van der Waals surface area contributed by atoms with Gasteiger partial charge in [-0.3, -0.25) is 4.79 Å². The molecule has 0 aromatic heterocycles. The third-order valence-corrected chi connectivity index (χ3v) is 3.39. The average Bonchev–Trinajstić information content (AvgIpc) is 2.48. The molecule has 1 N–H and O–H groups in total. The van der Waals surface area contributed by atoms with Crippen molar-refractivity contribution in [3.8, 4) is 0 Å². The normalized spacial score (nSPS) is 33.3. The van der Waals surface area contributed by atoms with E-state index in [1.165, 1.54) is 20.0 Å². The number of carbonyl (C=O) groups is 1. The summed E-state index contributed by atoms with van der Waals surface area (Å²) in [4.78, 5) is 11.2. The summed E-state index contributed by atoms with van der Waals surface area (Å²) < 4.78 is 4.71. The van der Waals surface area contributed by atoms with Gasteiger partial charge in [-0.1, -0.05) is 13.3 Å². The Balaban J connectivity index is 2.64. The largest absolute Gasteiger partial charge is 0.469 e. The fourth-order valence-corrected chi connectivity index (χ4v) is 2.30. The molecule has 0 aromatic carbocycles. The summed E-state index contributed by atoms with van der Waals surface area (Å²) in [6, 6.07) is 0. The molecule has 13 heavy (non-hydrogen) atoms. The van der Waals surface area contributed by atoms with Gasteiger partial charge >= 0.3 is 5.97 Å². The van der Waals surface area contributed by atoms with Gasteiger partial charge in [-0.05, 0) is 25.8 Å². The van der Waals surface area contributed by atoms with E-state index in [4.69, 9.17) is 4.74 Å². The van der Waals surface area contributed by atoms with Gasteiger partial charge in [0.1, 0.15) is 0 Å². The Morgan fingerprint density at radius 1 is 1.69 bits per heavy atom. The summed E-state index contributed by atoms with van der Waals surface area (Å²) in [5.74, 6) is 0.458. The van der Waals surface area contributed by atoms with Gasteiger partial charge in [-0.15, -0.1) is 0 Å². The highest BCUT2D eigenvalue weighted by atomic mass is 16.5. The fraction of sp³-hybridized carbons (Fsp3) is 0.900. The highest BCUT2D eigenvalue weighted by Gasteiger charge is 2.40. The van der Waals surface area contributed by atoms with E-state index in [1.54, 1.807) is 0 Å². The lowest BCUT2D eigenvalue weighted by molar-refractivity contribution is -0.142. The maximum Gasteiger partial charge on any atom is 0.307 e. The van der Waals surface area contributed by atoms with E-state index < -0.39 is 0 Å². The molecule has 76 valence electrons. The summed E-state index contributed by atoms with van der Waals surface area (Å²) in [7, 11) is 3.38. The van der Waals surface area contributed by atoms with Gasteiger partial charge in [-0.2, -0.15) is 0 Å². The van der Waals surface area contributed by atoms with Crippen molar-refractivity contribution in [1.82, 2.24) is 5.32 Å². The molecule has 1 aliphatic rings. The molecule has 1 fully saturated rings. The number of ether oxygens (including phenoxy) is 1. The second-order valence-corrected chi connectivity index (χ2v) is 3.95. The fourth-order valence-electron chi connectivity index (χ4n) is 2.30.